The Morgan fingerprint density at radius 2 is 2.33 bits per heavy atom. The number of hydrogen-bond acceptors (Lipinski definition) is 4. The first-order valence-corrected chi connectivity index (χ1v) is 10.0. The Morgan fingerprint density at radius 1 is 1.50 bits per heavy atom. The fourth-order valence-electron chi connectivity index (χ4n) is 2.77. The van der Waals surface area contributed by atoms with Crippen molar-refractivity contribution in [1.29, 1.82) is 0 Å². The molecular weight excluding hydrogens is 342 g/mol. The highest BCUT2D eigenvalue weighted by molar-refractivity contribution is 7.98. The molecule has 1 unspecified atom stereocenters. The fraction of sp³-hybridized carbons (Fsp3) is 0.353. The van der Waals surface area contributed by atoms with Crippen LogP contribution in [0.2, 0.25) is 0 Å². The third-order valence-corrected chi connectivity index (χ3v) is 6.09. The molecule has 4 nitrogen and oxygen atoms in total. The average Bonchev–Trinajstić information content (AvgIpc) is 3.00. The van der Waals surface area contributed by atoms with Gasteiger partial charge in [0.25, 0.3) is 0 Å². The number of nitrogens with zero attached hydrogens (tertiary/aromatic N) is 4. The van der Waals surface area contributed by atoms with Crippen molar-refractivity contribution in [2.24, 2.45) is 5.92 Å². The molecule has 1 aliphatic rings. The third-order valence-electron chi connectivity index (χ3n) is 3.79. The summed E-state index contributed by atoms with van der Waals surface area (Å²) in [7, 11) is 1.23. The SMILES string of the molecule is C#CCN1C(C(C)CSC)=PCc2nn(-c3cncc(F)c3)cc21. The Morgan fingerprint density at radius 3 is 3.04 bits per heavy atom. The molecule has 0 N–H and O–H groups in total. The van der Waals surface area contributed by atoms with Gasteiger partial charge in [-0.3, -0.25) is 4.98 Å². The normalized spacial score (nSPS) is 15.4. The van der Waals surface area contributed by atoms with Crippen LogP contribution in [-0.4, -0.2) is 38.7 Å². The van der Waals surface area contributed by atoms with Gasteiger partial charge in [-0.15, -0.1) is 6.42 Å². The maximum absolute atomic E-state index is 13.4. The number of aromatic nitrogens is 3. The predicted octanol–water partition coefficient (Wildman–Crippen LogP) is 3.43. The summed E-state index contributed by atoms with van der Waals surface area (Å²) in [6, 6.07) is 1.43. The maximum Gasteiger partial charge on any atom is 0.143 e. The monoisotopic (exact) mass is 360 g/mol. The van der Waals surface area contributed by atoms with Crippen molar-refractivity contribution in [3.8, 4) is 18.0 Å². The number of thioether (sulfide) groups is 1. The van der Waals surface area contributed by atoms with Gasteiger partial charge in [-0.2, -0.15) is 16.9 Å². The van der Waals surface area contributed by atoms with Gasteiger partial charge in [0.15, 0.2) is 0 Å². The second kappa shape index (κ2) is 7.38. The lowest BCUT2D eigenvalue weighted by Gasteiger charge is -2.31. The topological polar surface area (TPSA) is 34.0 Å². The van der Waals surface area contributed by atoms with Crippen molar-refractivity contribution in [3.63, 3.8) is 0 Å². The molecule has 24 heavy (non-hydrogen) atoms. The molecule has 2 aromatic rings. The molecule has 1 atom stereocenters. The van der Waals surface area contributed by atoms with Crippen LogP contribution in [0.25, 0.3) is 5.69 Å². The van der Waals surface area contributed by atoms with Gasteiger partial charge in [0.2, 0.25) is 0 Å². The van der Waals surface area contributed by atoms with Crippen molar-refractivity contribution < 1.29 is 4.39 Å². The lowest BCUT2D eigenvalue weighted by Crippen LogP contribution is -2.37. The molecule has 3 rings (SSSR count). The molecule has 0 amide bonds. The zero-order valence-electron chi connectivity index (χ0n) is 13.6. The summed E-state index contributed by atoms with van der Waals surface area (Å²) in [6.07, 6.45) is 13.3. The Kier molecular flexibility index (Phi) is 5.23. The number of halogens is 1. The van der Waals surface area contributed by atoms with E-state index in [4.69, 9.17) is 6.42 Å². The first-order chi connectivity index (χ1) is 11.6. The summed E-state index contributed by atoms with van der Waals surface area (Å²) in [6.45, 7) is 2.75. The number of terminal acetylenes is 1. The zero-order chi connectivity index (χ0) is 17.1. The van der Waals surface area contributed by atoms with E-state index in [1.807, 2.05) is 18.0 Å². The van der Waals surface area contributed by atoms with Crippen LogP contribution in [0.5, 0.6) is 0 Å². The van der Waals surface area contributed by atoms with E-state index in [0.717, 1.165) is 23.3 Å². The average molecular weight is 360 g/mol. The van der Waals surface area contributed by atoms with E-state index in [-0.39, 0.29) is 5.82 Å². The Balaban J connectivity index is 1.97. The summed E-state index contributed by atoms with van der Waals surface area (Å²) >= 11 is 1.83. The molecule has 0 fully saturated rings. The van der Waals surface area contributed by atoms with E-state index in [9.17, 15) is 4.39 Å². The summed E-state index contributed by atoms with van der Waals surface area (Å²) in [5, 5.41) is 4.61. The van der Waals surface area contributed by atoms with Crippen LogP contribution in [0, 0.1) is 24.1 Å². The van der Waals surface area contributed by atoms with E-state index in [2.05, 4.69) is 34.1 Å². The highest BCUT2D eigenvalue weighted by Crippen LogP contribution is 2.34. The zero-order valence-corrected chi connectivity index (χ0v) is 15.3. The van der Waals surface area contributed by atoms with Crippen molar-refractivity contribution in [1.82, 2.24) is 14.8 Å². The minimum atomic E-state index is -0.375. The smallest absolute Gasteiger partial charge is 0.143 e. The highest BCUT2D eigenvalue weighted by atomic mass is 32.2. The van der Waals surface area contributed by atoms with Crippen LogP contribution in [0.15, 0.2) is 24.7 Å². The molecule has 1 aliphatic heterocycles. The van der Waals surface area contributed by atoms with E-state index >= 15 is 0 Å². The molecule has 0 spiro atoms. The number of rotatable bonds is 5. The van der Waals surface area contributed by atoms with Crippen LogP contribution < -0.4 is 4.90 Å². The van der Waals surface area contributed by atoms with Gasteiger partial charge >= 0.3 is 0 Å². The fourth-order valence-corrected chi connectivity index (χ4v) is 4.84. The molecule has 7 heteroatoms. The minimum Gasteiger partial charge on any atom is -0.327 e. The van der Waals surface area contributed by atoms with Gasteiger partial charge in [-0.25, -0.2) is 9.07 Å². The van der Waals surface area contributed by atoms with Gasteiger partial charge in [0.1, 0.15) is 5.82 Å². The van der Waals surface area contributed by atoms with Crippen LogP contribution >= 0.6 is 20.0 Å². The molecule has 0 saturated heterocycles. The van der Waals surface area contributed by atoms with Gasteiger partial charge < -0.3 is 4.90 Å². The van der Waals surface area contributed by atoms with E-state index in [1.54, 1.807) is 10.9 Å². The summed E-state index contributed by atoms with van der Waals surface area (Å²) in [5.74, 6) is 3.88. The Labute approximate surface area is 147 Å². The van der Waals surface area contributed by atoms with Crippen LogP contribution in [0.1, 0.15) is 12.6 Å². The maximum atomic E-state index is 13.4. The quantitative estimate of drug-likeness (QED) is 0.604. The second-order valence-corrected chi connectivity index (χ2v) is 7.59. The van der Waals surface area contributed by atoms with Gasteiger partial charge in [-0.05, 0) is 6.26 Å². The van der Waals surface area contributed by atoms with E-state index < -0.39 is 0 Å². The molecule has 0 radical (unpaired) electrons. The third kappa shape index (κ3) is 3.33. The Hall–Kier alpha value is -1.83. The largest absolute Gasteiger partial charge is 0.327 e. The lowest BCUT2D eigenvalue weighted by molar-refractivity contribution is 0.618. The minimum absolute atomic E-state index is 0.375. The number of pyridine rings is 1. The van der Waals surface area contributed by atoms with Crippen molar-refractivity contribution in [2.75, 3.05) is 23.5 Å². The number of anilines is 1. The predicted molar refractivity (Wildman–Crippen MR) is 101 cm³/mol. The molecule has 0 aromatic carbocycles. The van der Waals surface area contributed by atoms with E-state index in [0.29, 0.717) is 18.2 Å². The van der Waals surface area contributed by atoms with E-state index in [1.165, 1.54) is 25.9 Å². The van der Waals surface area contributed by atoms with Crippen LogP contribution in [-0.2, 0) is 6.16 Å². The first-order valence-electron chi connectivity index (χ1n) is 7.57. The van der Waals surface area contributed by atoms with Gasteiger partial charge in [-0.1, -0.05) is 21.0 Å². The molecular formula is C17H18FN4PS. The summed E-state index contributed by atoms with van der Waals surface area (Å²) < 4.78 is 15.1. The van der Waals surface area contributed by atoms with Crippen molar-refractivity contribution in [3.05, 3.63) is 36.2 Å². The second-order valence-electron chi connectivity index (χ2n) is 5.59. The van der Waals surface area contributed by atoms with Gasteiger partial charge in [0, 0.05) is 29.3 Å². The van der Waals surface area contributed by atoms with Crippen molar-refractivity contribution in [2.45, 2.75) is 13.1 Å². The molecule has 124 valence electrons. The summed E-state index contributed by atoms with van der Waals surface area (Å²) in [5.41, 5.74) is 3.93. The lowest BCUT2D eigenvalue weighted by atomic mass is 10.2. The molecule has 3 heterocycles. The molecule has 0 aliphatic carbocycles. The van der Waals surface area contributed by atoms with Crippen LogP contribution in [0.4, 0.5) is 10.1 Å². The summed E-state index contributed by atoms with van der Waals surface area (Å²) in [4.78, 5) is 6.08. The standard InChI is InChI=1S/C17H18FN4PS/c1-4-5-21-16-9-22(14-6-13(18)7-19-8-14)20-15(16)10-23-17(21)12(2)11-24-3/h1,6-9,12H,5,10-11H2,2-3H3. The first kappa shape index (κ1) is 17.0. The molecule has 0 bridgehead atoms. The molecule has 2 aromatic heterocycles. The van der Waals surface area contributed by atoms with Crippen molar-refractivity contribution >= 4 is 31.1 Å². The van der Waals surface area contributed by atoms with Crippen LogP contribution in [0.3, 0.4) is 0 Å². The Bertz CT molecular complexity index is 811. The number of hydrogen-bond donors (Lipinski definition) is 0. The highest BCUT2D eigenvalue weighted by Gasteiger charge is 2.26. The molecule has 0 saturated carbocycles. The number of fused-ring (bicyclic) bond motifs is 1. The van der Waals surface area contributed by atoms with Gasteiger partial charge in [0.05, 0.1) is 42.2 Å².